The molecule has 236 valence electrons. The van der Waals surface area contributed by atoms with E-state index in [1.54, 1.807) is 64.0 Å². The summed E-state index contributed by atoms with van der Waals surface area (Å²) in [5.74, 6) is 5.67. The molecule has 0 aliphatic heterocycles. The van der Waals surface area contributed by atoms with E-state index in [1.807, 2.05) is 41.5 Å². The van der Waals surface area contributed by atoms with E-state index in [0.717, 1.165) is 49.3 Å². The summed E-state index contributed by atoms with van der Waals surface area (Å²) >= 11 is 0. The Morgan fingerprint density at radius 2 is 0.395 bits per heavy atom. The van der Waals surface area contributed by atoms with Gasteiger partial charge in [-0.25, -0.2) is 0 Å². The summed E-state index contributed by atoms with van der Waals surface area (Å²) < 4.78 is 54.6. The summed E-state index contributed by atoms with van der Waals surface area (Å²) in [7, 11) is 13.1. The highest BCUT2D eigenvalue weighted by atomic mass is 31.1. The van der Waals surface area contributed by atoms with Gasteiger partial charge in [0.2, 0.25) is 0 Å². The van der Waals surface area contributed by atoms with Gasteiger partial charge in [-0.2, -0.15) is 0 Å². The van der Waals surface area contributed by atoms with Crippen molar-refractivity contribution < 1.29 is 42.6 Å². The van der Waals surface area contributed by atoms with E-state index in [0.29, 0.717) is 51.7 Å². The minimum absolute atomic E-state index is 0.607. The molecule has 0 bridgehead atoms. The van der Waals surface area contributed by atoms with Gasteiger partial charge in [0.1, 0.15) is 51.7 Å². The first-order valence-electron chi connectivity index (χ1n) is 13.7. The number of hydrogen-bond donors (Lipinski definition) is 0. The summed E-state index contributed by atoms with van der Waals surface area (Å²) in [4.78, 5) is 0. The second-order valence-electron chi connectivity index (χ2n) is 9.93. The van der Waals surface area contributed by atoms with Crippen LogP contribution in [0.25, 0.3) is 0 Å². The standard InChI is InChI=1S/C33H45O9P/c1-16-22(34-7)17(2)26(38-11)31(25(16)37-10)43(32-27(39-12)18(3)23(35-8)19(4)28(32)40-13)33-29(41-14)20(5)24(36-9)21(6)30(33)42-15/h1-15H3. The lowest BCUT2D eigenvalue weighted by Crippen LogP contribution is -2.30. The molecule has 0 aliphatic rings. The number of ether oxygens (including phenoxy) is 9. The fourth-order valence-electron chi connectivity index (χ4n) is 6.20. The lowest BCUT2D eigenvalue weighted by atomic mass is 10.1. The van der Waals surface area contributed by atoms with Crippen molar-refractivity contribution in [2.75, 3.05) is 64.0 Å². The van der Waals surface area contributed by atoms with E-state index in [9.17, 15) is 0 Å². The molecule has 10 heteroatoms. The monoisotopic (exact) mass is 616 g/mol. The normalized spacial score (nSPS) is 10.9. The zero-order chi connectivity index (χ0) is 32.3. The highest BCUT2D eigenvalue weighted by Crippen LogP contribution is 2.56. The molecule has 0 unspecified atom stereocenters. The predicted molar refractivity (Wildman–Crippen MR) is 173 cm³/mol. The predicted octanol–water partition coefficient (Wildman–Crippen LogP) is 5.37. The van der Waals surface area contributed by atoms with Crippen LogP contribution >= 0.6 is 7.92 Å². The molecule has 0 heterocycles. The molecular formula is C33H45O9P. The Bertz CT molecular complexity index is 1240. The van der Waals surface area contributed by atoms with Crippen LogP contribution in [-0.2, 0) is 0 Å². The summed E-state index contributed by atoms with van der Waals surface area (Å²) in [5.41, 5.74) is 4.95. The molecule has 3 rings (SSSR count). The minimum Gasteiger partial charge on any atom is -0.496 e. The van der Waals surface area contributed by atoms with E-state index in [4.69, 9.17) is 42.6 Å². The van der Waals surface area contributed by atoms with Crippen LogP contribution in [0.4, 0.5) is 0 Å². The molecule has 0 atom stereocenters. The van der Waals surface area contributed by atoms with Gasteiger partial charge in [-0.3, -0.25) is 0 Å². The van der Waals surface area contributed by atoms with E-state index < -0.39 is 7.92 Å². The summed E-state index contributed by atoms with van der Waals surface area (Å²) in [6.07, 6.45) is 0. The highest BCUT2D eigenvalue weighted by Gasteiger charge is 2.40. The van der Waals surface area contributed by atoms with Gasteiger partial charge in [0.25, 0.3) is 0 Å². The molecule has 0 fully saturated rings. The van der Waals surface area contributed by atoms with Crippen molar-refractivity contribution in [1.82, 2.24) is 0 Å². The van der Waals surface area contributed by atoms with Gasteiger partial charge < -0.3 is 42.6 Å². The molecule has 0 radical (unpaired) electrons. The molecular weight excluding hydrogens is 571 g/mol. The van der Waals surface area contributed by atoms with Crippen LogP contribution in [-0.4, -0.2) is 64.0 Å². The first-order chi connectivity index (χ1) is 20.5. The molecule has 0 saturated carbocycles. The van der Waals surface area contributed by atoms with Crippen LogP contribution in [0.1, 0.15) is 33.4 Å². The van der Waals surface area contributed by atoms with Crippen LogP contribution in [0.5, 0.6) is 51.7 Å². The first-order valence-corrected chi connectivity index (χ1v) is 15.0. The van der Waals surface area contributed by atoms with Crippen molar-refractivity contribution >= 4 is 23.8 Å². The molecule has 0 amide bonds. The largest absolute Gasteiger partial charge is 0.496 e. The second-order valence-corrected chi connectivity index (χ2v) is 11.9. The third-order valence-electron chi connectivity index (χ3n) is 7.89. The Kier molecular flexibility index (Phi) is 10.8. The van der Waals surface area contributed by atoms with Crippen molar-refractivity contribution in [3.05, 3.63) is 33.4 Å². The average molecular weight is 617 g/mol. The van der Waals surface area contributed by atoms with Crippen LogP contribution in [0.3, 0.4) is 0 Å². The fraction of sp³-hybridized carbons (Fsp3) is 0.455. The number of benzene rings is 3. The molecule has 0 aliphatic carbocycles. The smallest absolute Gasteiger partial charge is 0.137 e. The van der Waals surface area contributed by atoms with Crippen molar-refractivity contribution in [2.45, 2.75) is 41.5 Å². The Morgan fingerprint density at radius 1 is 0.256 bits per heavy atom. The molecule has 0 spiro atoms. The molecule has 3 aromatic carbocycles. The Morgan fingerprint density at radius 3 is 0.512 bits per heavy atom. The minimum atomic E-state index is -1.67. The lowest BCUT2D eigenvalue weighted by molar-refractivity contribution is 0.370. The first kappa shape index (κ1) is 33.8. The fourth-order valence-corrected chi connectivity index (χ4v) is 9.64. The van der Waals surface area contributed by atoms with Crippen LogP contribution in [0, 0.1) is 41.5 Å². The molecule has 43 heavy (non-hydrogen) atoms. The van der Waals surface area contributed by atoms with Crippen molar-refractivity contribution in [2.24, 2.45) is 0 Å². The van der Waals surface area contributed by atoms with E-state index >= 15 is 0 Å². The SMILES string of the molecule is COc1c(C)c(OC)c(P(c2c(OC)c(C)c(OC)c(C)c2OC)c2c(OC)c(C)c(OC)c(C)c2OC)c(OC)c1C. The summed E-state index contributed by atoms with van der Waals surface area (Å²) in [5, 5.41) is 2.37. The van der Waals surface area contributed by atoms with Crippen molar-refractivity contribution in [3.63, 3.8) is 0 Å². The van der Waals surface area contributed by atoms with Crippen LogP contribution in [0.2, 0.25) is 0 Å². The zero-order valence-corrected chi connectivity index (χ0v) is 29.0. The van der Waals surface area contributed by atoms with Gasteiger partial charge >= 0.3 is 0 Å². The lowest BCUT2D eigenvalue weighted by Gasteiger charge is -2.33. The highest BCUT2D eigenvalue weighted by molar-refractivity contribution is 7.81. The molecule has 3 aromatic rings. The number of hydrogen-bond acceptors (Lipinski definition) is 9. The summed E-state index contributed by atoms with van der Waals surface area (Å²) in [6.45, 7) is 11.8. The molecule has 0 aromatic heterocycles. The third kappa shape index (κ3) is 5.22. The maximum Gasteiger partial charge on any atom is 0.137 e. The van der Waals surface area contributed by atoms with E-state index in [-0.39, 0.29) is 0 Å². The van der Waals surface area contributed by atoms with Gasteiger partial charge in [-0.15, -0.1) is 0 Å². The molecule has 0 saturated heterocycles. The topological polar surface area (TPSA) is 83.1 Å². The molecule has 9 nitrogen and oxygen atoms in total. The van der Waals surface area contributed by atoms with Gasteiger partial charge in [0.05, 0.1) is 79.9 Å². The number of methoxy groups -OCH3 is 9. The maximum absolute atomic E-state index is 6.19. The molecule has 0 N–H and O–H groups in total. The Labute approximate surface area is 257 Å². The van der Waals surface area contributed by atoms with Gasteiger partial charge in [0.15, 0.2) is 0 Å². The van der Waals surface area contributed by atoms with Gasteiger partial charge in [0, 0.05) is 41.3 Å². The Balaban J connectivity index is 2.87. The second kappa shape index (κ2) is 13.7. The van der Waals surface area contributed by atoms with Gasteiger partial charge in [-0.05, 0) is 41.5 Å². The van der Waals surface area contributed by atoms with E-state index in [1.165, 1.54) is 0 Å². The zero-order valence-electron chi connectivity index (χ0n) is 28.1. The van der Waals surface area contributed by atoms with E-state index in [2.05, 4.69) is 0 Å². The quantitative estimate of drug-likeness (QED) is 0.250. The number of rotatable bonds is 12. The van der Waals surface area contributed by atoms with Crippen molar-refractivity contribution in [1.29, 1.82) is 0 Å². The maximum atomic E-state index is 6.19. The van der Waals surface area contributed by atoms with Crippen LogP contribution in [0.15, 0.2) is 0 Å². The average Bonchev–Trinajstić information content (AvgIpc) is 2.98. The van der Waals surface area contributed by atoms with Crippen LogP contribution < -0.4 is 58.5 Å². The van der Waals surface area contributed by atoms with Gasteiger partial charge in [-0.1, -0.05) is 0 Å². The third-order valence-corrected chi connectivity index (χ3v) is 10.4. The Hall–Kier alpha value is -3.71. The summed E-state index contributed by atoms with van der Waals surface area (Å²) in [6, 6.07) is 0. The van der Waals surface area contributed by atoms with Crippen molar-refractivity contribution in [3.8, 4) is 51.7 Å².